The minimum absolute atomic E-state index is 0. The zero-order valence-corrected chi connectivity index (χ0v) is 26.2. The number of hydrogen-bond acceptors (Lipinski definition) is 5. The molecule has 5 rings (SSSR count). The van der Waals surface area contributed by atoms with Crippen molar-refractivity contribution in [3.63, 3.8) is 0 Å². The second kappa shape index (κ2) is 28.4. The van der Waals surface area contributed by atoms with Gasteiger partial charge in [-0.2, -0.15) is 0 Å². The number of likely N-dealkylation sites (tertiary alicyclic amines) is 3. The van der Waals surface area contributed by atoms with Crippen LogP contribution < -0.4 is 10.6 Å². The van der Waals surface area contributed by atoms with Gasteiger partial charge in [0.1, 0.15) is 0 Å². The highest BCUT2D eigenvalue weighted by molar-refractivity contribution is 4.98. The van der Waals surface area contributed by atoms with Gasteiger partial charge in [0.05, 0.1) is 0 Å². The van der Waals surface area contributed by atoms with E-state index in [1.807, 2.05) is 69.2 Å². The summed E-state index contributed by atoms with van der Waals surface area (Å²) in [4.78, 5) is 7.20. The first-order chi connectivity index (χ1) is 16.6. The van der Waals surface area contributed by atoms with Crippen LogP contribution in [0, 0.1) is 17.3 Å². The summed E-state index contributed by atoms with van der Waals surface area (Å²) in [5.74, 6) is 1.94. The molecule has 0 amide bonds. The maximum Gasteiger partial charge on any atom is 0.00940 e. The zero-order valence-electron chi connectivity index (χ0n) is 26.2. The van der Waals surface area contributed by atoms with Gasteiger partial charge in [0.15, 0.2) is 0 Å². The summed E-state index contributed by atoms with van der Waals surface area (Å²) in [5, 5.41) is 6.83. The average Bonchev–Trinajstić information content (AvgIpc) is 3.68. The Bertz CT molecular complexity index is 359. The van der Waals surface area contributed by atoms with Gasteiger partial charge in [-0.25, -0.2) is 0 Å². The van der Waals surface area contributed by atoms with Gasteiger partial charge in [-0.15, -0.1) is 0 Å². The fourth-order valence-corrected chi connectivity index (χ4v) is 5.13. The first-order valence-corrected chi connectivity index (χ1v) is 15.0. The van der Waals surface area contributed by atoms with Crippen molar-refractivity contribution in [1.82, 2.24) is 25.3 Å². The molecule has 2 atom stereocenters. The lowest BCUT2D eigenvalue weighted by Gasteiger charge is -2.45. The van der Waals surface area contributed by atoms with Crippen LogP contribution in [0.5, 0.6) is 0 Å². The van der Waals surface area contributed by atoms with E-state index in [1.165, 1.54) is 84.7 Å². The van der Waals surface area contributed by atoms with Crippen LogP contribution in [0.3, 0.4) is 0 Å². The van der Waals surface area contributed by atoms with Gasteiger partial charge >= 0.3 is 0 Å². The molecule has 0 aromatic rings. The molecule has 5 heteroatoms. The lowest BCUT2D eigenvalue weighted by Crippen LogP contribution is -2.55. The first kappa shape index (κ1) is 41.9. The molecule has 0 saturated carbocycles. The van der Waals surface area contributed by atoms with Crippen molar-refractivity contribution in [2.24, 2.45) is 17.3 Å². The molecule has 1 spiro atoms. The van der Waals surface area contributed by atoms with Crippen LogP contribution in [0.2, 0.25) is 0 Å². The summed E-state index contributed by atoms with van der Waals surface area (Å²) in [6, 6.07) is 0. The third kappa shape index (κ3) is 17.8. The predicted molar refractivity (Wildman–Crippen MR) is 165 cm³/mol. The Kier molecular flexibility index (Phi) is 34.0. The van der Waals surface area contributed by atoms with Crippen molar-refractivity contribution in [3.8, 4) is 0 Å². The summed E-state index contributed by atoms with van der Waals surface area (Å²) < 4.78 is 0. The highest BCUT2D eigenvalue weighted by Gasteiger charge is 2.42. The molecule has 35 heavy (non-hydrogen) atoms. The average molecular weight is 504 g/mol. The summed E-state index contributed by atoms with van der Waals surface area (Å²) in [6.45, 7) is 32.9. The molecule has 0 aromatic carbocycles. The Balaban J connectivity index is -0.000000175. The van der Waals surface area contributed by atoms with Crippen LogP contribution in [0.25, 0.3) is 0 Å². The molecule has 2 N–H and O–H groups in total. The monoisotopic (exact) mass is 504 g/mol. The first-order valence-electron chi connectivity index (χ1n) is 15.0. The van der Waals surface area contributed by atoms with Crippen LogP contribution in [0.1, 0.15) is 95.9 Å². The maximum absolute atomic E-state index is 3.42. The number of nitrogens with one attached hydrogen (secondary N) is 2. The van der Waals surface area contributed by atoms with E-state index in [0.717, 1.165) is 11.8 Å². The van der Waals surface area contributed by atoms with Crippen molar-refractivity contribution in [1.29, 1.82) is 0 Å². The minimum Gasteiger partial charge on any atom is -0.316 e. The van der Waals surface area contributed by atoms with Gasteiger partial charge in [0, 0.05) is 38.1 Å². The Morgan fingerprint density at radius 1 is 0.600 bits per heavy atom. The molecule has 5 fully saturated rings. The van der Waals surface area contributed by atoms with Crippen LogP contribution >= 0.6 is 0 Å². The highest BCUT2D eigenvalue weighted by Crippen LogP contribution is 2.34. The molecule has 0 bridgehead atoms. The quantitative estimate of drug-likeness (QED) is 0.414. The minimum atomic E-state index is 0. The summed E-state index contributed by atoms with van der Waals surface area (Å²) in [7, 11) is 6.59. The van der Waals surface area contributed by atoms with Crippen LogP contribution in [0.15, 0.2) is 0 Å². The normalized spacial score (nSPS) is 24.9. The van der Waals surface area contributed by atoms with E-state index in [4.69, 9.17) is 0 Å². The van der Waals surface area contributed by atoms with Crippen molar-refractivity contribution >= 4 is 0 Å². The van der Waals surface area contributed by atoms with Crippen LogP contribution in [-0.2, 0) is 0 Å². The molecular weight excluding hydrogens is 430 g/mol. The number of rotatable bonds is 0. The van der Waals surface area contributed by atoms with E-state index < -0.39 is 0 Å². The molecular formula is C30H73N5. The second-order valence-corrected chi connectivity index (χ2v) is 9.01. The van der Waals surface area contributed by atoms with Crippen molar-refractivity contribution < 1.29 is 0 Å². The Morgan fingerprint density at radius 2 is 1.03 bits per heavy atom. The summed E-state index contributed by atoms with van der Waals surface area (Å²) in [6.07, 6.45) is 4.23. The SMILES string of the molecule is C.CC.CC.CC.CC.CC.CN1CC2(CCNC2)C1.CN1CC2CNCC2C1.CN1CCCC1. The van der Waals surface area contributed by atoms with Gasteiger partial charge in [-0.1, -0.05) is 76.7 Å². The summed E-state index contributed by atoms with van der Waals surface area (Å²) >= 11 is 0. The maximum atomic E-state index is 3.42. The molecule has 0 radical (unpaired) electrons. The van der Waals surface area contributed by atoms with Crippen molar-refractivity contribution in [2.75, 3.05) is 86.6 Å². The molecule has 0 aliphatic carbocycles. The zero-order chi connectivity index (χ0) is 27.0. The van der Waals surface area contributed by atoms with Gasteiger partial charge in [0.25, 0.3) is 0 Å². The number of hydrogen-bond donors (Lipinski definition) is 2. The topological polar surface area (TPSA) is 33.8 Å². The fourth-order valence-electron chi connectivity index (χ4n) is 5.13. The van der Waals surface area contributed by atoms with Crippen molar-refractivity contribution in [2.45, 2.75) is 95.9 Å². The van der Waals surface area contributed by atoms with Crippen molar-refractivity contribution in [3.05, 3.63) is 0 Å². The molecule has 0 aromatic heterocycles. The van der Waals surface area contributed by atoms with E-state index >= 15 is 0 Å². The smallest absolute Gasteiger partial charge is 0.00940 e. The molecule has 5 aliphatic rings. The van der Waals surface area contributed by atoms with Gasteiger partial charge in [0.2, 0.25) is 0 Å². The van der Waals surface area contributed by atoms with Crippen LogP contribution in [-0.4, -0.2) is 101 Å². The molecule has 5 saturated heterocycles. The van der Waals surface area contributed by atoms with Gasteiger partial charge < -0.3 is 25.3 Å². The van der Waals surface area contributed by atoms with E-state index in [-0.39, 0.29) is 7.43 Å². The lowest BCUT2D eigenvalue weighted by molar-refractivity contribution is 0.0409. The Morgan fingerprint density at radius 3 is 1.31 bits per heavy atom. The Hall–Kier alpha value is -0.200. The van der Waals surface area contributed by atoms with E-state index in [1.54, 1.807) is 0 Å². The van der Waals surface area contributed by atoms with Gasteiger partial charge in [-0.3, -0.25) is 0 Å². The van der Waals surface area contributed by atoms with Crippen LogP contribution in [0.4, 0.5) is 0 Å². The van der Waals surface area contributed by atoms with Gasteiger partial charge in [-0.05, 0) is 85.0 Å². The molecule has 2 unspecified atom stereocenters. The molecule has 5 aliphatic heterocycles. The largest absolute Gasteiger partial charge is 0.316 e. The molecule has 5 nitrogen and oxygen atoms in total. The van der Waals surface area contributed by atoms with E-state index in [0.29, 0.717) is 5.41 Å². The van der Waals surface area contributed by atoms with E-state index in [9.17, 15) is 0 Å². The third-order valence-corrected chi connectivity index (χ3v) is 6.44. The molecule has 218 valence electrons. The number of nitrogens with zero attached hydrogens (tertiary/aromatic N) is 3. The number of fused-ring (bicyclic) bond motifs is 1. The predicted octanol–water partition coefficient (Wildman–Crippen LogP) is 6.16. The molecule has 5 heterocycles. The second-order valence-electron chi connectivity index (χ2n) is 9.01. The fraction of sp³-hybridized carbons (Fsp3) is 1.00. The van der Waals surface area contributed by atoms with E-state index in [2.05, 4.69) is 46.5 Å². The summed E-state index contributed by atoms with van der Waals surface area (Å²) in [5.41, 5.74) is 0.703. The Labute approximate surface area is 225 Å². The lowest BCUT2D eigenvalue weighted by atomic mass is 9.80. The standard InChI is InChI=1S/2C7H14N2.C5H11N.5C2H6.CH4/c1-9-4-6-2-8-3-7(6)5-9;1-9-5-7(6-9)2-3-8-4-7;1-6-4-2-3-5-6;5*1-2;/h6-8H,2-5H2,1H3;8H,2-6H2,1H3;2-5H2,1H3;5*1-2H3;1H4. The third-order valence-electron chi connectivity index (χ3n) is 6.44. The highest BCUT2D eigenvalue weighted by atomic mass is 15.2.